The largest absolute Gasteiger partial charge is 0.444 e. The van der Waals surface area contributed by atoms with Crippen LogP contribution in [0.1, 0.15) is 27.7 Å². The van der Waals surface area contributed by atoms with Crippen molar-refractivity contribution in [3.63, 3.8) is 0 Å². The van der Waals surface area contributed by atoms with Crippen molar-refractivity contribution in [3.8, 4) is 0 Å². The number of alkyl carbamates (subject to hydrolysis) is 1. The van der Waals surface area contributed by atoms with Crippen molar-refractivity contribution in [2.75, 3.05) is 0 Å². The highest BCUT2D eigenvalue weighted by Gasteiger charge is 2.18. The first kappa shape index (κ1) is 16.4. The van der Waals surface area contributed by atoms with Gasteiger partial charge < -0.3 is 14.6 Å². The van der Waals surface area contributed by atoms with E-state index in [1.807, 2.05) is 33.8 Å². The van der Waals surface area contributed by atoms with E-state index in [1.165, 1.54) is 21.7 Å². The first-order valence-electron chi connectivity index (χ1n) is 8.29. The lowest BCUT2D eigenvalue weighted by Gasteiger charge is -2.22. The van der Waals surface area contributed by atoms with Crippen LogP contribution in [0.4, 0.5) is 4.79 Å². The fourth-order valence-electron chi connectivity index (χ4n) is 2.97. The number of carbonyl (C=O) groups is 1. The van der Waals surface area contributed by atoms with Crippen LogP contribution in [0.25, 0.3) is 21.7 Å². The summed E-state index contributed by atoms with van der Waals surface area (Å²) >= 11 is 0. The highest BCUT2D eigenvalue weighted by Crippen LogP contribution is 2.26. The molecule has 0 spiro atoms. The van der Waals surface area contributed by atoms with Crippen LogP contribution in [-0.2, 0) is 11.3 Å². The van der Waals surface area contributed by atoms with Crippen molar-refractivity contribution in [1.29, 1.82) is 0 Å². The molecule has 0 saturated carbocycles. The molecule has 0 aliphatic rings. The van der Waals surface area contributed by atoms with E-state index < -0.39 is 5.60 Å². The van der Waals surface area contributed by atoms with E-state index in [1.54, 1.807) is 0 Å². The lowest BCUT2D eigenvalue weighted by atomic mass is 10.1. The summed E-state index contributed by atoms with van der Waals surface area (Å²) in [6, 6.07) is 14.7. The molecule has 4 nitrogen and oxygen atoms in total. The Kier molecular flexibility index (Phi) is 4.22. The summed E-state index contributed by atoms with van der Waals surface area (Å²) in [5.41, 5.74) is 0.714. The van der Waals surface area contributed by atoms with Crippen LogP contribution in [0.5, 0.6) is 0 Å². The number of fused-ring (bicyclic) bond motifs is 3. The highest BCUT2D eigenvalue weighted by atomic mass is 16.6. The van der Waals surface area contributed by atoms with Gasteiger partial charge in [-0.1, -0.05) is 36.4 Å². The molecule has 1 aromatic heterocycles. The molecule has 0 radical (unpaired) electrons. The zero-order valence-electron chi connectivity index (χ0n) is 14.7. The van der Waals surface area contributed by atoms with Gasteiger partial charge in [0.05, 0.1) is 5.52 Å². The average Bonchev–Trinajstić information content (AvgIpc) is 2.88. The molecule has 0 unspecified atom stereocenters. The minimum atomic E-state index is -0.486. The van der Waals surface area contributed by atoms with Crippen molar-refractivity contribution in [3.05, 3.63) is 48.7 Å². The number of benzene rings is 2. The molecule has 3 rings (SSSR count). The topological polar surface area (TPSA) is 43.3 Å². The first-order chi connectivity index (χ1) is 11.3. The van der Waals surface area contributed by atoms with Gasteiger partial charge in [0.1, 0.15) is 5.60 Å². The minimum absolute atomic E-state index is 0.0329. The van der Waals surface area contributed by atoms with E-state index in [-0.39, 0.29) is 12.1 Å². The van der Waals surface area contributed by atoms with Crippen LogP contribution in [-0.4, -0.2) is 22.3 Å². The molecule has 1 heterocycles. The number of carbonyl (C=O) groups excluding carboxylic acids is 1. The number of nitrogens with one attached hydrogen (secondary N) is 1. The Hall–Kier alpha value is -2.49. The lowest BCUT2D eigenvalue weighted by molar-refractivity contribution is 0.0504. The SMILES string of the molecule is C[C@@H](Cn1ccc2ccc3ccccc3c21)NC(=O)OC(C)(C)C. The second-order valence-corrected chi connectivity index (χ2v) is 7.24. The predicted molar refractivity (Wildman–Crippen MR) is 98.3 cm³/mol. The molecule has 1 atom stereocenters. The molecule has 0 fully saturated rings. The molecule has 3 aromatic rings. The van der Waals surface area contributed by atoms with Gasteiger partial charge in [0.25, 0.3) is 0 Å². The third kappa shape index (κ3) is 3.53. The quantitative estimate of drug-likeness (QED) is 0.758. The van der Waals surface area contributed by atoms with Crippen LogP contribution < -0.4 is 5.32 Å². The summed E-state index contributed by atoms with van der Waals surface area (Å²) in [4.78, 5) is 11.9. The molecular formula is C20H24N2O2. The van der Waals surface area contributed by atoms with Crippen LogP contribution >= 0.6 is 0 Å². The number of hydrogen-bond acceptors (Lipinski definition) is 2. The Morgan fingerprint density at radius 2 is 1.83 bits per heavy atom. The number of amides is 1. The van der Waals surface area contributed by atoms with Crippen molar-refractivity contribution >= 4 is 27.8 Å². The smallest absolute Gasteiger partial charge is 0.407 e. The molecule has 2 aromatic carbocycles. The summed E-state index contributed by atoms with van der Waals surface area (Å²) < 4.78 is 7.52. The van der Waals surface area contributed by atoms with Gasteiger partial charge in [-0.25, -0.2) is 4.79 Å². The summed E-state index contributed by atoms with van der Waals surface area (Å²) in [5.74, 6) is 0. The fraction of sp³-hybridized carbons (Fsp3) is 0.350. The minimum Gasteiger partial charge on any atom is -0.444 e. The third-order valence-corrected chi connectivity index (χ3v) is 3.89. The van der Waals surface area contributed by atoms with Crippen molar-refractivity contribution in [2.45, 2.75) is 45.9 Å². The maximum absolute atomic E-state index is 11.9. The lowest BCUT2D eigenvalue weighted by Crippen LogP contribution is -2.39. The van der Waals surface area contributed by atoms with E-state index in [2.05, 4.69) is 52.5 Å². The number of hydrogen-bond donors (Lipinski definition) is 1. The van der Waals surface area contributed by atoms with Crippen molar-refractivity contribution in [2.24, 2.45) is 0 Å². The molecule has 0 aliphatic heterocycles. The number of nitrogens with zero attached hydrogens (tertiary/aromatic N) is 1. The monoisotopic (exact) mass is 324 g/mol. The first-order valence-corrected chi connectivity index (χ1v) is 8.29. The van der Waals surface area contributed by atoms with Crippen LogP contribution in [0.2, 0.25) is 0 Å². The maximum Gasteiger partial charge on any atom is 0.407 e. The van der Waals surface area contributed by atoms with E-state index in [0.717, 1.165) is 0 Å². The van der Waals surface area contributed by atoms with Crippen molar-refractivity contribution in [1.82, 2.24) is 9.88 Å². The maximum atomic E-state index is 11.9. The molecule has 1 amide bonds. The van der Waals surface area contributed by atoms with E-state index in [9.17, 15) is 4.79 Å². The Labute approximate surface area is 142 Å². The number of ether oxygens (including phenoxy) is 1. The fourth-order valence-corrected chi connectivity index (χ4v) is 2.97. The Balaban J connectivity index is 1.83. The second-order valence-electron chi connectivity index (χ2n) is 7.24. The second kappa shape index (κ2) is 6.19. The zero-order valence-corrected chi connectivity index (χ0v) is 14.7. The molecule has 4 heteroatoms. The average molecular weight is 324 g/mol. The molecule has 24 heavy (non-hydrogen) atoms. The number of rotatable bonds is 3. The van der Waals surface area contributed by atoms with Gasteiger partial charge in [-0.3, -0.25) is 0 Å². The Morgan fingerprint density at radius 1 is 1.12 bits per heavy atom. The molecule has 0 saturated heterocycles. The summed E-state index contributed by atoms with van der Waals surface area (Å²) in [6.45, 7) is 8.27. The van der Waals surface area contributed by atoms with Gasteiger partial charge in [-0.05, 0) is 39.1 Å². The van der Waals surface area contributed by atoms with Crippen molar-refractivity contribution < 1.29 is 9.53 Å². The molecule has 0 bridgehead atoms. The van der Waals surface area contributed by atoms with Gasteiger partial charge in [0.15, 0.2) is 0 Å². The van der Waals surface area contributed by atoms with Gasteiger partial charge in [0.2, 0.25) is 0 Å². The molecule has 0 aliphatic carbocycles. The van der Waals surface area contributed by atoms with Gasteiger partial charge in [-0.2, -0.15) is 0 Å². The van der Waals surface area contributed by atoms with E-state index in [4.69, 9.17) is 4.74 Å². The Morgan fingerprint density at radius 3 is 2.58 bits per heavy atom. The van der Waals surface area contributed by atoms with Gasteiger partial charge in [0, 0.05) is 29.6 Å². The van der Waals surface area contributed by atoms with Gasteiger partial charge in [-0.15, -0.1) is 0 Å². The van der Waals surface area contributed by atoms with E-state index in [0.29, 0.717) is 6.54 Å². The molecule has 1 N–H and O–H groups in total. The Bertz CT molecular complexity index is 874. The standard InChI is InChI=1S/C20H24N2O2/c1-14(21-19(23)24-20(2,3)4)13-22-12-11-16-10-9-15-7-5-6-8-17(15)18(16)22/h5-12,14H,13H2,1-4H3,(H,21,23)/t14-/m0/s1. The van der Waals surface area contributed by atoms with Crippen LogP contribution in [0.15, 0.2) is 48.7 Å². The summed E-state index contributed by atoms with van der Waals surface area (Å²) in [5, 5.41) is 6.56. The third-order valence-electron chi connectivity index (χ3n) is 3.89. The summed E-state index contributed by atoms with van der Waals surface area (Å²) in [7, 11) is 0. The number of aromatic nitrogens is 1. The predicted octanol–water partition coefficient (Wildman–Crippen LogP) is 4.71. The van der Waals surface area contributed by atoms with E-state index >= 15 is 0 Å². The molecular weight excluding hydrogens is 300 g/mol. The summed E-state index contributed by atoms with van der Waals surface area (Å²) in [6.07, 6.45) is 1.70. The zero-order chi connectivity index (χ0) is 17.3. The molecule has 126 valence electrons. The highest BCUT2D eigenvalue weighted by molar-refractivity contribution is 6.05. The normalized spacial score (nSPS) is 13.2. The van der Waals surface area contributed by atoms with Crippen LogP contribution in [0, 0.1) is 0 Å². The van der Waals surface area contributed by atoms with Crippen LogP contribution in [0.3, 0.4) is 0 Å². The van der Waals surface area contributed by atoms with Gasteiger partial charge >= 0.3 is 6.09 Å².